The lowest BCUT2D eigenvalue weighted by Gasteiger charge is -2.30. The van der Waals surface area contributed by atoms with Crippen molar-refractivity contribution in [2.75, 3.05) is 20.1 Å². The molecule has 0 aromatic carbocycles. The lowest BCUT2D eigenvalue weighted by Crippen LogP contribution is -2.44. The molecule has 0 radical (unpaired) electrons. The second-order valence-electron chi connectivity index (χ2n) is 3.75. The minimum atomic E-state index is -1.59. The van der Waals surface area contributed by atoms with Crippen molar-refractivity contribution in [1.29, 1.82) is 0 Å². The molecule has 0 amide bonds. The van der Waals surface area contributed by atoms with Gasteiger partial charge in [0, 0.05) is 7.05 Å². The maximum absolute atomic E-state index is 14.4. The molecule has 1 N–H and O–H groups in total. The first kappa shape index (κ1) is 12.3. The summed E-state index contributed by atoms with van der Waals surface area (Å²) in [5, 5.41) is 3.05. The van der Waals surface area contributed by atoms with Crippen LogP contribution in [0.5, 0.6) is 0 Å². The van der Waals surface area contributed by atoms with Crippen LogP contribution in [0.3, 0.4) is 0 Å². The van der Waals surface area contributed by atoms with Crippen molar-refractivity contribution in [3.63, 3.8) is 0 Å². The third-order valence-electron chi connectivity index (χ3n) is 2.65. The molecule has 0 atom stereocenters. The average molecular weight is 216 g/mol. The molecule has 86 valence electrons. The van der Waals surface area contributed by atoms with Crippen LogP contribution in [0.4, 0.5) is 8.78 Å². The van der Waals surface area contributed by atoms with Gasteiger partial charge in [0.1, 0.15) is 11.5 Å². The van der Waals surface area contributed by atoms with Gasteiger partial charge in [-0.15, -0.1) is 0 Å². The molecule has 1 rings (SSSR count). The fourth-order valence-corrected chi connectivity index (χ4v) is 1.86. The molecule has 0 unspecified atom stereocenters. The molecule has 1 saturated heterocycles. The summed E-state index contributed by atoms with van der Waals surface area (Å²) in [6, 6.07) is 0. The fourth-order valence-electron chi connectivity index (χ4n) is 1.86. The highest BCUT2D eigenvalue weighted by atomic mass is 19.1. The molecule has 0 bridgehead atoms. The fraction of sp³-hybridized carbons (Fsp3) is 0.727. The summed E-state index contributed by atoms with van der Waals surface area (Å²) in [5.41, 5.74) is -1.61. The SMILES string of the molecule is CC/C=C(/F)C(=NC)C1(F)CCNCC1. The van der Waals surface area contributed by atoms with Crippen molar-refractivity contribution in [3.8, 4) is 0 Å². The summed E-state index contributed by atoms with van der Waals surface area (Å²) in [4.78, 5) is 3.77. The first-order chi connectivity index (χ1) is 7.14. The lowest BCUT2D eigenvalue weighted by molar-refractivity contribution is 0.193. The summed E-state index contributed by atoms with van der Waals surface area (Å²) in [6.07, 6.45) is 2.53. The maximum atomic E-state index is 14.4. The Kier molecular flexibility index (Phi) is 4.39. The predicted molar refractivity (Wildman–Crippen MR) is 58.8 cm³/mol. The number of alkyl halides is 1. The molecule has 2 nitrogen and oxygen atoms in total. The largest absolute Gasteiger partial charge is 0.316 e. The van der Waals surface area contributed by atoms with Crippen molar-refractivity contribution in [1.82, 2.24) is 5.32 Å². The molecule has 0 saturated carbocycles. The topological polar surface area (TPSA) is 24.4 Å². The minimum absolute atomic E-state index is 0.0224. The molecule has 4 heteroatoms. The van der Waals surface area contributed by atoms with Crippen LogP contribution >= 0.6 is 0 Å². The van der Waals surface area contributed by atoms with E-state index in [2.05, 4.69) is 10.3 Å². The van der Waals surface area contributed by atoms with Gasteiger partial charge in [-0.1, -0.05) is 6.92 Å². The quantitative estimate of drug-likeness (QED) is 0.720. The smallest absolute Gasteiger partial charge is 0.157 e. The number of nitrogens with one attached hydrogen (secondary N) is 1. The van der Waals surface area contributed by atoms with Gasteiger partial charge in [0.15, 0.2) is 5.67 Å². The Balaban J connectivity index is 2.86. The molecule has 1 heterocycles. The first-order valence-electron chi connectivity index (χ1n) is 5.37. The van der Waals surface area contributed by atoms with E-state index in [4.69, 9.17) is 0 Å². The normalized spacial score (nSPS) is 22.9. The summed E-state index contributed by atoms with van der Waals surface area (Å²) in [6.45, 7) is 2.98. The molecular weight excluding hydrogens is 198 g/mol. The molecule has 0 aliphatic carbocycles. The number of halogens is 2. The van der Waals surface area contributed by atoms with Gasteiger partial charge in [-0.3, -0.25) is 4.99 Å². The zero-order chi connectivity index (χ0) is 11.3. The van der Waals surface area contributed by atoms with Crippen LogP contribution in [0.2, 0.25) is 0 Å². The van der Waals surface area contributed by atoms with Gasteiger partial charge in [-0.25, -0.2) is 8.78 Å². The zero-order valence-electron chi connectivity index (χ0n) is 9.32. The number of hydrogen-bond donors (Lipinski definition) is 1. The van der Waals surface area contributed by atoms with Crippen LogP contribution < -0.4 is 5.32 Å². The summed E-state index contributed by atoms with van der Waals surface area (Å²) >= 11 is 0. The van der Waals surface area contributed by atoms with E-state index in [1.54, 1.807) is 0 Å². The van der Waals surface area contributed by atoms with E-state index < -0.39 is 11.5 Å². The standard InChI is InChI=1S/C11H18F2N2/c1-3-4-9(12)10(14-2)11(13)5-7-15-8-6-11/h4,15H,3,5-8H2,1-2H3/b9-4+,14-10?. The summed E-state index contributed by atoms with van der Waals surface area (Å²) < 4.78 is 27.9. The Morgan fingerprint density at radius 2 is 2.07 bits per heavy atom. The number of aliphatic imine (C=N–C) groups is 1. The van der Waals surface area contributed by atoms with Gasteiger partial charge in [0.05, 0.1) is 0 Å². The first-order valence-corrected chi connectivity index (χ1v) is 5.37. The van der Waals surface area contributed by atoms with Gasteiger partial charge >= 0.3 is 0 Å². The second-order valence-corrected chi connectivity index (χ2v) is 3.75. The van der Waals surface area contributed by atoms with E-state index in [1.807, 2.05) is 6.92 Å². The lowest BCUT2D eigenvalue weighted by atomic mass is 9.88. The number of rotatable bonds is 3. The van der Waals surface area contributed by atoms with E-state index >= 15 is 0 Å². The number of hydrogen-bond acceptors (Lipinski definition) is 2. The van der Waals surface area contributed by atoms with Crippen molar-refractivity contribution >= 4 is 5.71 Å². The van der Waals surface area contributed by atoms with Crippen LogP contribution in [0.25, 0.3) is 0 Å². The third kappa shape index (κ3) is 2.84. The highest BCUT2D eigenvalue weighted by Crippen LogP contribution is 2.29. The van der Waals surface area contributed by atoms with Gasteiger partial charge in [0.25, 0.3) is 0 Å². The Morgan fingerprint density at radius 1 is 1.47 bits per heavy atom. The third-order valence-corrected chi connectivity index (χ3v) is 2.65. The molecule has 0 spiro atoms. The maximum Gasteiger partial charge on any atom is 0.157 e. The monoisotopic (exact) mass is 216 g/mol. The molecule has 1 aliphatic rings. The Hall–Kier alpha value is -0.770. The Morgan fingerprint density at radius 3 is 2.53 bits per heavy atom. The van der Waals surface area contributed by atoms with Crippen LogP contribution in [0.1, 0.15) is 26.2 Å². The molecular formula is C11H18F2N2. The molecule has 0 aromatic rings. The van der Waals surface area contributed by atoms with E-state index in [0.717, 1.165) is 0 Å². The number of allylic oxidation sites excluding steroid dienone is 2. The number of piperidine rings is 1. The molecule has 1 fully saturated rings. The van der Waals surface area contributed by atoms with E-state index in [9.17, 15) is 8.78 Å². The van der Waals surface area contributed by atoms with E-state index in [0.29, 0.717) is 32.4 Å². The predicted octanol–water partition coefficient (Wildman–Crippen LogP) is 2.41. The van der Waals surface area contributed by atoms with Crippen molar-refractivity contribution < 1.29 is 8.78 Å². The highest BCUT2D eigenvalue weighted by Gasteiger charge is 2.38. The molecule has 0 aromatic heterocycles. The van der Waals surface area contributed by atoms with Crippen molar-refractivity contribution in [3.05, 3.63) is 11.9 Å². The Bertz CT molecular complexity index is 266. The van der Waals surface area contributed by atoms with E-state index in [-0.39, 0.29) is 5.71 Å². The van der Waals surface area contributed by atoms with Crippen LogP contribution in [-0.2, 0) is 0 Å². The molecule has 1 aliphatic heterocycles. The van der Waals surface area contributed by atoms with E-state index in [1.165, 1.54) is 13.1 Å². The summed E-state index contributed by atoms with van der Waals surface area (Å²) in [5.74, 6) is -0.510. The summed E-state index contributed by atoms with van der Waals surface area (Å²) in [7, 11) is 1.45. The van der Waals surface area contributed by atoms with Crippen molar-refractivity contribution in [2.24, 2.45) is 4.99 Å². The van der Waals surface area contributed by atoms with Crippen LogP contribution in [-0.4, -0.2) is 31.5 Å². The van der Waals surface area contributed by atoms with Gasteiger partial charge in [0.2, 0.25) is 0 Å². The second kappa shape index (κ2) is 5.35. The minimum Gasteiger partial charge on any atom is -0.316 e. The van der Waals surface area contributed by atoms with Crippen molar-refractivity contribution in [2.45, 2.75) is 31.9 Å². The zero-order valence-corrected chi connectivity index (χ0v) is 9.32. The van der Waals surface area contributed by atoms with Gasteiger partial charge in [-0.05, 0) is 38.4 Å². The number of nitrogens with zero attached hydrogens (tertiary/aromatic N) is 1. The van der Waals surface area contributed by atoms with Gasteiger partial charge in [-0.2, -0.15) is 0 Å². The van der Waals surface area contributed by atoms with Gasteiger partial charge < -0.3 is 5.32 Å². The average Bonchev–Trinajstić information content (AvgIpc) is 2.19. The van der Waals surface area contributed by atoms with Crippen LogP contribution in [0.15, 0.2) is 16.9 Å². The molecule has 15 heavy (non-hydrogen) atoms. The van der Waals surface area contributed by atoms with Crippen LogP contribution in [0, 0.1) is 0 Å². The Labute approximate surface area is 89.5 Å². The highest BCUT2D eigenvalue weighted by molar-refractivity contribution is 6.04.